The van der Waals surface area contributed by atoms with Gasteiger partial charge >= 0.3 is 5.97 Å². The minimum atomic E-state index is -0.929. The maximum absolute atomic E-state index is 11.2. The van der Waals surface area contributed by atoms with Gasteiger partial charge in [0.2, 0.25) is 0 Å². The van der Waals surface area contributed by atoms with Crippen molar-refractivity contribution in [2.24, 2.45) is 0 Å². The molecular weight excluding hydrogens is 252 g/mol. The van der Waals surface area contributed by atoms with E-state index in [4.69, 9.17) is 0 Å². The highest BCUT2D eigenvalue weighted by atomic mass is 16.4. The summed E-state index contributed by atoms with van der Waals surface area (Å²) in [4.78, 5) is 19.9. The lowest BCUT2D eigenvalue weighted by Gasteiger charge is -2.05. The Balaban J connectivity index is 1.99. The molecule has 0 atom stereocenters. The van der Waals surface area contributed by atoms with Crippen LogP contribution in [0.4, 0.5) is 0 Å². The largest absolute Gasteiger partial charge is 0.478 e. The molecule has 20 heavy (non-hydrogen) atoms. The number of hydrogen-bond acceptors (Lipinski definition) is 3. The highest BCUT2D eigenvalue weighted by Gasteiger charge is 2.10. The Labute approximate surface area is 115 Å². The van der Waals surface area contributed by atoms with Gasteiger partial charge in [-0.3, -0.25) is 0 Å². The molecule has 0 amide bonds. The van der Waals surface area contributed by atoms with Crippen molar-refractivity contribution in [2.75, 3.05) is 0 Å². The van der Waals surface area contributed by atoms with E-state index in [1.54, 1.807) is 24.4 Å². The molecule has 0 unspecified atom stereocenters. The fourth-order valence-corrected chi connectivity index (χ4v) is 2.15. The van der Waals surface area contributed by atoms with Crippen LogP contribution in [0.1, 0.15) is 21.7 Å². The van der Waals surface area contributed by atoms with Crippen LogP contribution < -0.4 is 0 Å². The second-order valence-electron chi connectivity index (χ2n) is 4.48. The van der Waals surface area contributed by atoms with Gasteiger partial charge in [-0.2, -0.15) is 0 Å². The van der Waals surface area contributed by atoms with Gasteiger partial charge in [-0.25, -0.2) is 14.8 Å². The van der Waals surface area contributed by atoms with E-state index in [1.807, 2.05) is 30.3 Å². The zero-order valence-corrected chi connectivity index (χ0v) is 10.7. The van der Waals surface area contributed by atoms with Crippen molar-refractivity contribution < 1.29 is 9.90 Å². The quantitative estimate of drug-likeness (QED) is 0.790. The fourth-order valence-electron chi connectivity index (χ4n) is 2.15. The van der Waals surface area contributed by atoms with Crippen molar-refractivity contribution in [3.63, 3.8) is 0 Å². The van der Waals surface area contributed by atoms with Gasteiger partial charge < -0.3 is 5.11 Å². The summed E-state index contributed by atoms with van der Waals surface area (Å²) in [7, 11) is 0. The number of para-hydroxylation sites is 1. The Morgan fingerprint density at radius 2 is 1.80 bits per heavy atom. The Morgan fingerprint density at radius 3 is 2.65 bits per heavy atom. The first-order chi connectivity index (χ1) is 9.74. The normalized spacial score (nSPS) is 10.6. The standard InChI is InChI=1S/C16H12N2O2/c19-16(20)13-7-3-1-5-11(13)9-15-17-10-12-6-2-4-8-14(12)18-15/h1-8,10H,9H2,(H,19,20). The van der Waals surface area contributed by atoms with E-state index in [1.165, 1.54) is 0 Å². The van der Waals surface area contributed by atoms with Crippen LogP contribution in [0, 0.1) is 0 Å². The number of carbonyl (C=O) groups is 1. The first kappa shape index (κ1) is 12.3. The maximum Gasteiger partial charge on any atom is 0.335 e. The lowest BCUT2D eigenvalue weighted by Crippen LogP contribution is -2.04. The van der Waals surface area contributed by atoms with Crippen LogP contribution in [0.3, 0.4) is 0 Å². The van der Waals surface area contributed by atoms with E-state index in [0.717, 1.165) is 16.5 Å². The average molecular weight is 264 g/mol. The number of fused-ring (bicyclic) bond motifs is 1. The second-order valence-corrected chi connectivity index (χ2v) is 4.48. The predicted molar refractivity (Wildman–Crippen MR) is 75.7 cm³/mol. The zero-order chi connectivity index (χ0) is 13.9. The summed E-state index contributed by atoms with van der Waals surface area (Å²) in [6, 6.07) is 14.7. The SMILES string of the molecule is O=C(O)c1ccccc1Cc1ncc2ccccc2n1. The van der Waals surface area contributed by atoms with E-state index in [0.29, 0.717) is 17.8 Å². The van der Waals surface area contributed by atoms with Crippen molar-refractivity contribution in [3.05, 3.63) is 71.7 Å². The zero-order valence-electron chi connectivity index (χ0n) is 10.7. The summed E-state index contributed by atoms with van der Waals surface area (Å²) < 4.78 is 0. The molecule has 0 radical (unpaired) electrons. The first-order valence-electron chi connectivity index (χ1n) is 6.26. The van der Waals surface area contributed by atoms with Crippen LogP contribution in [-0.2, 0) is 6.42 Å². The van der Waals surface area contributed by atoms with Crippen molar-refractivity contribution in [1.29, 1.82) is 0 Å². The molecule has 0 aliphatic carbocycles. The number of hydrogen-bond donors (Lipinski definition) is 1. The molecular formula is C16H12N2O2. The average Bonchev–Trinajstić information content (AvgIpc) is 2.47. The van der Waals surface area contributed by atoms with Crippen LogP contribution in [0.15, 0.2) is 54.7 Å². The molecule has 1 aromatic heterocycles. The van der Waals surface area contributed by atoms with Crippen LogP contribution in [0.25, 0.3) is 10.9 Å². The Kier molecular flexibility index (Phi) is 3.13. The van der Waals surface area contributed by atoms with Crippen LogP contribution in [0.5, 0.6) is 0 Å². The summed E-state index contributed by atoms with van der Waals surface area (Å²) in [6.45, 7) is 0. The van der Waals surface area contributed by atoms with Crippen molar-refractivity contribution in [2.45, 2.75) is 6.42 Å². The molecule has 0 fully saturated rings. The third-order valence-corrected chi connectivity index (χ3v) is 3.14. The smallest absolute Gasteiger partial charge is 0.335 e. The number of carboxylic acids is 1. The molecule has 4 heteroatoms. The molecule has 0 aliphatic heterocycles. The van der Waals surface area contributed by atoms with Gasteiger partial charge in [0, 0.05) is 18.0 Å². The summed E-state index contributed by atoms with van der Waals surface area (Å²) >= 11 is 0. The van der Waals surface area contributed by atoms with Gasteiger partial charge in [0.05, 0.1) is 11.1 Å². The predicted octanol–water partition coefficient (Wildman–Crippen LogP) is 2.92. The molecule has 0 saturated carbocycles. The number of benzene rings is 2. The molecule has 98 valence electrons. The highest BCUT2D eigenvalue weighted by Crippen LogP contribution is 2.15. The lowest BCUT2D eigenvalue weighted by molar-refractivity contribution is 0.0696. The number of carboxylic acid groups (broad SMARTS) is 1. The molecule has 1 N–H and O–H groups in total. The first-order valence-corrected chi connectivity index (χ1v) is 6.26. The molecule has 0 spiro atoms. The monoisotopic (exact) mass is 264 g/mol. The van der Waals surface area contributed by atoms with Crippen LogP contribution >= 0.6 is 0 Å². The summed E-state index contributed by atoms with van der Waals surface area (Å²) in [5.74, 6) is -0.307. The van der Waals surface area contributed by atoms with E-state index in [9.17, 15) is 9.90 Å². The minimum absolute atomic E-state index is 0.296. The number of aromatic carboxylic acids is 1. The molecule has 4 nitrogen and oxygen atoms in total. The van der Waals surface area contributed by atoms with Crippen LogP contribution in [0.2, 0.25) is 0 Å². The van der Waals surface area contributed by atoms with Crippen molar-refractivity contribution in [3.8, 4) is 0 Å². The molecule has 0 bridgehead atoms. The molecule has 2 aromatic carbocycles. The highest BCUT2D eigenvalue weighted by molar-refractivity contribution is 5.89. The molecule has 0 aliphatic rings. The Hall–Kier alpha value is -2.75. The summed E-state index contributed by atoms with van der Waals surface area (Å²) in [6.07, 6.45) is 2.17. The molecule has 3 rings (SSSR count). The molecule has 1 heterocycles. The van der Waals surface area contributed by atoms with E-state index in [2.05, 4.69) is 9.97 Å². The maximum atomic E-state index is 11.2. The third-order valence-electron chi connectivity index (χ3n) is 3.14. The van der Waals surface area contributed by atoms with Gasteiger partial charge in [0.25, 0.3) is 0 Å². The van der Waals surface area contributed by atoms with Gasteiger partial charge in [0.15, 0.2) is 0 Å². The van der Waals surface area contributed by atoms with E-state index < -0.39 is 5.97 Å². The van der Waals surface area contributed by atoms with E-state index in [-0.39, 0.29) is 0 Å². The topological polar surface area (TPSA) is 63.1 Å². The van der Waals surface area contributed by atoms with Gasteiger partial charge in [-0.1, -0.05) is 36.4 Å². The number of aromatic nitrogens is 2. The fraction of sp³-hybridized carbons (Fsp3) is 0.0625. The summed E-state index contributed by atoms with van der Waals surface area (Å²) in [5.41, 5.74) is 1.88. The number of rotatable bonds is 3. The number of nitrogens with zero attached hydrogens (tertiary/aromatic N) is 2. The summed E-state index contributed by atoms with van der Waals surface area (Å²) in [5, 5.41) is 10.1. The van der Waals surface area contributed by atoms with Crippen molar-refractivity contribution >= 4 is 16.9 Å². The van der Waals surface area contributed by atoms with Crippen molar-refractivity contribution in [1.82, 2.24) is 9.97 Å². The Bertz CT molecular complexity index is 784. The third kappa shape index (κ3) is 2.36. The lowest BCUT2D eigenvalue weighted by atomic mass is 10.0. The van der Waals surface area contributed by atoms with E-state index >= 15 is 0 Å². The van der Waals surface area contributed by atoms with Gasteiger partial charge in [0.1, 0.15) is 5.82 Å². The van der Waals surface area contributed by atoms with Gasteiger partial charge in [-0.15, -0.1) is 0 Å². The van der Waals surface area contributed by atoms with Crippen LogP contribution in [-0.4, -0.2) is 21.0 Å². The second kappa shape index (κ2) is 5.09. The Morgan fingerprint density at radius 1 is 1.05 bits per heavy atom. The molecule has 0 saturated heterocycles. The van der Waals surface area contributed by atoms with Gasteiger partial charge in [-0.05, 0) is 17.7 Å². The molecule has 3 aromatic rings. The minimum Gasteiger partial charge on any atom is -0.478 e.